The van der Waals surface area contributed by atoms with Gasteiger partial charge in [0.25, 0.3) is 0 Å². The highest BCUT2D eigenvalue weighted by atomic mass is 16.4. The van der Waals surface area contributed by atoms with Crippen LogP contribution in [0.2, 0.25) is 0 Å². The lowest BCUT2D eigenvalue weighted by molar-refractivity contribution is -0.136. The van der Waals surface area contributed by atoms with Crippen LogP contribution in [0.3, 0.4) is 0 Å². The Morgan fingerprint density at radius 3 is 2.57 bits per heavy atom. The summed E-state index contributed by atoms with van der Waals surface area (Å²) >= 11 is 0. The van der Waals surface area contributed by atoms with Crippen molar-refractivity contribution >= 4 is 11.9 Å². The second kappa shape index (κ2) is 5.85. The van der Waals surface area contributed by atoms with Gasteiger partial charge in [0, 0.05) is 32.6 Å². The highest BCUT2D eigenvalue weighted by molar-refractivity contribution is 5.77. The molecular weight excluding hydrogens is 268 g/mol. The molecule has 3 rings (SSSR count). The van der Waals surface area contributed by atoms with E-state index >= 15 is 0 Å². The number of carboxylic acid groups (broad SMARTS) is 1. The van der Waals surface area contributed by atoms with Gasteiger partial charge in [-0.1, -0.05) is 24.3 Å². The first-order valence-corrected chi connectivity index (χ1v) is 7.39. The predicted molar refractivity (Wildman–Crippen MR) is 77.7 cm³/mol. The lowest BCUT2D eigenvalue weighted by Crippen LogP contribution is -2.39. The van der Waals surface area contributed by atoms with E-state index in [1.807, 2.05) is 24.3 Å². The number of rotatable bonds is 4. The van der Waals surface area contributed by atoms with Gasteiger partial charge in [-0.2, -0.15) is 0 Å². The molecule has 2 aliphatic rings. The highest BCUT2D eigenvalue weighted by Gasteiger charge is 2.36. The monoisotopic (exact) mass is 288 g/mol. The van der Waals surface area contributed by atoms with Gasteiger partial charge in [0.1, 0.15) is 0 Å². The van der Waals surface area contributed by atoms with Crippen molar-refractivity contribution in [1.29, 1.82) is 0 Å². The van der Waals surface area contributed by atoms with Gasteiger partial charge in [-0.3, -0.25) is 14.5 Å². The summed E-state index contributed by atoms with van der Waals surface area (Å²) in [4.78, 5) is 24.5. The van der Waals surface area contributed by atoms with E-state index in [0.29, 0.717) is 18.3 Å². The zero-order valence-corrected chi connectivity index (χ0v) is 11.9. The summed E-state index contributed by atoms with van der Waals surface area (Å²) in [5.41, 5.74) is 2.03. The molecule has 1 aromatic rings. The largest absolute Gasteiger partial charge is 0.481 e. The molecule has 2 aliphatic heterocycles. The molecular formula is C16H20N2O3. The van der Waals surface area contributed by atoms with Crippen molar-refractivity contribution in [2.75, 3.05) is 19.6 Å². The molecule has 2 atom stereocenters. The molecule has 0 bridgehead atoms. The number of likely N-dealkylation sites (tertiary alicyclic amines) is 1. The van der Waals surface area contributed by atoms with Crippen LogP contribution in [0.5, 0.6) is 0 Å². The van der Waals surface area contributed by atoms with E-state index in [1.165, 1.54) is 5.56 Å². The number of carbonyl (C=O) groups is 2. The van der Waals surface area contributed by atoms with Crippen molar-refractivity contribution in [1.82, 2.24) is 10.2 Å². The summed E-state index contributed by atoms with van der Waals surface area (Å²) in [6.45, 7) is 3.68. The van der Waals surface area contributed by atoms with Crippen molar-refractivity contribution in [3.63, 3.8) is 0 Å². The molecule has 0 saturated carbocycles. The third-order valence-corrected chi connectivity index (χ3v) is 4.45. The van der Waals surface area contributed by atoms with Crippen LogP contribution in [0.1, 0.15) is 17.5 Å². The summed E-state index contributed by atoms with van der Waals surface area (Å²) in [7, 11) is 0. The Bertz CT molecular complexity index is 541. The first-order chi connectivity index (χ1) is 10.1. The van der Waals surface area contributed by atoms with Crippen molar-refractivity contribution < 1.29 is 14.7 Å². The van der Waals surface area contributed by atoms with Crippen molar-refractivity contribution in [3.8, 4) is 0 Å². The van der Waals surface area contributed by atoms with Crippen LogP contribution >= 0.6 is 0 Å². The van der Waals surface area contributed by atoms with E-state index in [0.717, 1.165) is 31.7 Å². The smallest absolute Gasteiger partial charge is 0.307 e. The number of hydrogen-bond acceptors (Lipinski definition) is 3. The number of hydrogen-bond donors (Lipinski definition) is 2. The molecule has 0 radical (unpaired) electrons. The Kier molecular flexibility index (Phi) is 3.92. The van der Waals surface area contributed by atoms with Gasteiger partial charge in [-0.25, -0.2) is 0 Å². The highest BCUT2D eigenvalue weighted by Crippen LogP contribution is 2.29. The second-order valence-electron chi connectivity index (χ2n) is 6.11. The fourth-order valence-electron chi connectivity index (χ4n) is 3.38. The molecule has 1 amide bonds. The van der Waals surface area contributed by atoms with E-state index in [1.54, 1.807) is 0 Å². The molecule has 1 aromatic carbocycles. The second-order valence-corrected chi connectivity index (χ2v) is 6.11. The average Bonchev–Trinajstić information content (AvgIpc) is 2.82. The number of carbonyl (C=O) groups excluding carboxylic acids is 1. The van der Waals surface area contributed by atoms with E-state index < -0.39 is 5.97 Å². The lowest BCUT2D eigenvalue weighted by atomic mass is 9.89. The predicted octanol–water partition coefficient (Wildman–Crippen LogP) is 0.882. The third kappa shape index (κ3) is 3.42. The van der Waals surface area contributed by atoms with Gasteiger partial charge in [0.05, 0.1) is 6.42 Å². The van der Waals surface area contributed by atoms with Crippen LogP contribution < -0.4 is 5.32 Å². The van der Waals surface area contributed by atoms with Crippen LogP contribution in [0, 0.1) is 11.8 Å². The molecule has 5 nitrogen and oxygen atoms in total. The minimum Gasteiger partial charge on any atom is -0.481 e. The number of benzene rings is 1. The molecule has 112 valence electrons. The lowest BCUT2D eigenvalue weighted by Gasteiger charge is -2.23. The zero-order valence-electron chi connectivity index (χ0n) is 11.9. The van der Waals surface area contributed by atoms with Crippen LogP contribution in [-0.2, 0) is 22.6 Å². The van der Waals surface area contributed by atoms with Gasteiger partial charge in [0.2, 0.25) is 5.91 Å². The Hall–Kier alpha value is -1.88. The Morgan fingerprint density at radius 1 is 1.19 bits per heavy atom. The van der Waals surface area contributed by atoms with Crippen molar-refractivity contribution in [2.24, 2.45) is 11.8 Å². The summed E-state index contributed by atoms with van der Waals surface area (Å²) in [6, 6.07) is 7.78. The molecule has 21 heavy (non-hydrogen) atoms. The first-order valence-electron chi connectivity index (χ1n) is 7.39. The molecule has 2 heterocycles. The van der Waals surface area contributed by atoms with Gasteiger partial charge in [-0.15, -0.1) is 0 Å². The molecule has 0 spiro atoms. The van der Waals surface area contributed by atoms with Gasteiger partial charge in [0.15, 0.2) is 0 Å². The molecule has 0 unspecified atom stereocenters. The topological polar surface area (TPSA) is 69.6 Å². The number of piperidine rings is 1. The van der Waals surface area contributed by atoms with Crippen LogP contribution in [0.25, 0.3) is 0 Å². The summed E-state index contributed by atoms with van der Waals surface area (Å²) in [5.74, 6) is 0.443. The van der Waals surface area contributed by atoms with E-state index in [-0.39, 0.29) is 12.3 Å². The average molecular weight is 288 g/mol. The van der Waals surface area contributed by atoms with E-state index in [2.05, 4.69) is 10.2 Å². The number of aliphatic carboxylic acids is 1. The first kappa shape index (κ1) is 14.1. The van der Waals surface area contributed by atoms with Gasteiger partial charge in [-0.05, 0) is 23.0 Å². The molecule has 2 N–H and O–H groups in total. The normalized spacial score (nSPS) is 25.4. The maximum absolute atomic E-state index is 11.4. The minimum absolute atomic E-state index is 0.0714. The summed E-state index contributed by atoms with van der Waals surface area (Å²) < 4.78 is 0. The molecule has 0 aliphatic carbocycles. The summed E-state index contributed by atoms with van der Waals surface area (Å²) in [6.07, 6.45) is 0.723. The van der Waals surface area contributed by atoms with Crippen molar-refractivity contribution in [2.45, 2.75) is 19.4 Å². The third-order valence-electron chi connectivity index (χ3n) is 4.45. The van der Waals surface area contributed by atoms with Crippen LogP contribution in [-0.4, -0.2) is 41.5 Å². The molecule has 5 heteroatoms. The van der Waals surface area contributed by atoms with Crippen molar-refractivity contribution in [3.05, 3.63) is 35.4 Å². The Balaban J connectivity index is 1.57. The standard InChI is InChI=1S/C16H20N2O3/c19-15-6-13-9-18(10-14(13)7-17-15)8-12-3-1-11(2-4-12)5-16(20)21/h1-4,13-14H,5-10H2,(H,17,19)(H,20,21)/t13-,14+/m1/s1. The number of fused-ring (bicyclic) bond motifs is 1. The maximum atomic E-state index is 11.4. The Morgan fingerprint density at radius 2 is 1.86 bits per heavy atom. The summed E-state index contributed by atoms with van der Waals surface area (Å²) in [5, 5.41) is 11.7. The van der Waals surface area contributed by atoms with Gasteiger partial charge < -0.3 is 10.4 Å². The van der Waals surface area contributed by atoms with Crippen LogP contribution in [0.4, 0.5) is 0 Å². The fourth-order valence-corrected chi connectivity index (χ4v) is 3.38. The number of nitrogens with zero attached hydrogens (tertiary/aromatic N) is 1. The SMILES string of the molecule is O=C(O)Cc1ccc(CN2C[C@H]3CC(=O)NC[C@H]3C2)cc1. The zero-order chi connectivity index (χ0) is 14.8. The molecule has 2 fully saturated rings. The van der Waals surface area contributed by atoms with E-state index in [9.17, 15) is 9.59 Å². The van der Waals surface area contributed by atoms with E-state index in [4.69, 9.17) is 5.11 Å². The maximum Gasteiger partial charge on any atom is 0.307 e. The molecule has 2 saturated heterocycles. The number of nitrogens with one attached hydrogen (secondary N) is 1. The fraction of sp³-hybridized carbons (Fsp3) is 0.500. The molecule has 0 aromatic heterocycles. The van der Waals surface area contributed by atoms with Gasteiger partial charge >= 0.3 is 5.97 Å². The minimum atomic E-state index is -0.802. The van der Waals surface area contributed by atoms with Crippen LogP contribution in [0.15, 0.2) is 24.3 Å². The number of amides is 1. The number of carboxylic acids is 1. The quantitative estimate of drug-likeness (QED) is 0.863. The Labute approximate surface area is 123 Å².